The maximum atomic E-state index is 3.81. The van der Waals surface area contributed by atoms with Crippen LogP contribution in [0.25, 0.3) is 6.08 Å². The molecule has 0 fully saturated rings. The van der Waals surface area contributed by atoms with Gasteiger partial charge in [-0.15, -0.1) is 0 Å². The Morgan fingerprint density at radius 3 is 2.93 bits per heavy atom. The molecule has 1 aliphatic heterocycles. The summed E-state index contributed by atoms with van der Waals surface area (Å²) in [4.78, 5) is 2.46. The summed E-state index contributed by atoms with van der Waals surface area (Å²) in [6.45, 7) is 10.4. The van der Waals surface area contributed by atoms with Crippen LogP contribution in [0.1, 0.15) is 25.0 Å². The lowest BCUT2D eigenvalue weighted by Crippen LogP contribution is -2.24. The van der Waals surface area contributed by atoms with Crippen LogP contribution in [0.5, 0.6) is 0 Å². The van der Waals surface area contributed by atoms with Gasteiger partial charge in [-0.2, -0.15) is 0 Å². The van der Waals surface area contributed by atoms with E-state index >= 15 is 0 Å². The summed E-state index contributed by atoms with van der Waals surface area (Å²) in [6.07, 6.45) is 3.09. The zero-order valence-electron chi connectivity index (χ0n) is 9.59. The highest BCUT2D eigenvalue weighted by Gasteiger charge is 2.19. The van der Waals surface area contributed by atoms with Gasteiger partial charge in [0.1, 0.15) is 0 Å². The van der Waals surface area contributed by atoms with Gasteiger partial charge >= 0.3 is 0 Å². The number of benzene rings is 1. The maximum Gasteiger partial charge on any atom is 0.0400 e. The van der Waals surface area contributed by atoms with Crippen LogP contribution < -0.4 is 4.90 Å². The molecule has 1 nitrogen and oxygen atoms in total. The molecule has 79 valence electrons. The summed E-state index contributed by atoms with van der Waals surface area (Å²) in [7, 11) is 0. The van der Waals surface area contributed by atoms with Gasteiger partial charge in [-0.25, -0.2) is 0 Å². The minimum atomic E-state index is 1.08. The molecule has 0 saturated carbocycles. The van der Waals surface area contributed by atoms with Crippen LogP contribution >= 0.6 is 0 Å². The second-order valence-corrected chi connectivity index (χ2v) is 4.47. The van der Waals surface area contributed by atoms with Crippen molar-refractivity contribution in [2.24, 2.45) is 0 Å². The minimum Gasteiger partial charge on any atom is -0.370 e. The van der Waals surface area contributed by atoms with Crippen molar-refractivity contribution in [3.8, 4) is 0 Å². The molecule has 1 radical (unpaired) electrons. The standard InChI is InChI=1S/C14H18N/c1-4-12-5-6-14-13(9-12)7-8-15(14)10-11(2)3/h4-6,9H,1,7-8,10H2,2-3H3. The fourth-order valence-corrected chi connectivity index (χ4v) is 2.16. The Bertz CT molecular complexity index is 366. The molecule has 0 atom stereocenters. The summed E-state index contributed by atoms with van der Waals surface area (Å²) in [5.74, 6) is 1.47. The molecule has 0 unspecified atom stereocenters. The van der Waals surface area contributed by atoms with Crippen molar-refractivity contribution in [3.05, 3.63) is 41.8 Å². The molecular weight excluding hydrogens is 182 g/mol. The minimum absolute atomic E-state index is 1.08. The third-order valence-electron chi connectivity index (χ3n) is 2.84. The Kier molecular flexibility index (Phi) is 2.81. The van der Waals surface area contributed by atoms with Gasteiger partial charge in [0, 0.05) is 18.8 Å². The third-order valence-corrected chi connectivity index (χ3v) is 2.84. The van der Waals surface area contributed by atoms with Crippen LogP contribution in [-0.4, -0.2) is 13.1 Å². The van der Waals surface area contributed by atoms with Crippen LogP contribution in [0.4, 0.5) is 5.69 Å². The molecule has 0 aliphatic carbocycles. The Morgan fingerprint density at radius 1 is 1.47 bits per heavy atom. The van der Waals surface area contributed by atoms with E-state index in [1.165, 1.54) is 29.2 Å². The Hall–Kier alpha value is -1.24. The molecule has 0 saturated heterocycles. The molecule has 1 heteroatoms. The van der Waals surface area contributed by atoms with E-state index in [1.807, 2.05) is 6.08 Å². The molecule has 0 bridgehead atoms. The van der Waals surface area contributed by atoms with Crippen molar-refractivity contribution in [1.82, 2.24) is 0 Å². The van der Waals surface area contributed by atoms with E-state index in [0.29, 0.717) is 0 Å². The van der Waals surface area contributed by atoms with Gasteiger partial charge in [-0.1, -0.05) is 32.6 Å². The molecule has 0 aromatic heterocycles. The van der Waals surface area contributed by atoms with Gasteiger partial charge in [0.2, 0.25) is 0 Å². The van der Waals surface area contributed by atoms with E-state index in [4.69, 9.17) is 0 Å². The summed E-state index contributed by atoms with van der Waals surface area (Å²) >= 11 is 0. The fraction of sp³-hybridized carbons (Fsp3) is 0.357. The first-order chi connectivity index (χ1) is 7.20. The van der Waals surface area contributed by atoms with Crippen molar-refractivity contribution in [2.45, 2.75) is 20.3 Å². The van der Waals surface area contributed by atoms with Crippen LogP contribution in [0.15, 0.2) is 24.8 Å². The monoisotopic (exact) mass is 200 g/mol. The second-order valence-electron chi connectivity index (χ2n) is 4.47. The number of fused-ring (bicyclic) bond motifs is 1. The number of rotatable bonds is 3. The first-order valence-electron chi connectivity index (χ1n) is 5.50. The van der Waals surface area contributed by atoms with Gasteiger partial charge in [0.05, 0.1) is 0 Å². The molecule has 15 heavy (non-hydrogen) atoms. The predicted molar refractivity (Wildman–Crippen MR) is 67.0 cm³/mol. The van der Waals surface area contributed by atoms with Gasteiger partial charge in [-0.3, -0.25) is 0 Å². The number of anilines is 1. The SMILES string of the molecule is C=Cc1ccc2c(c1)CCN2C[C](C)C. The molecule has 1 aliphatic rings. The lowest BCUT2D eigenvalue weighted by Gasteiger charge is -2.21. The first-order valence-corrected chi connectivity index (χ1v) is 5.50. The molecule has 0 amide bonds. The van der Waals surface area contributed by atoms with E-state index in [9.17, 15) is 0 Å². The summed E-state index contributed by atoms with van der Waals surface area (Å²) < 4.78 is 0. The van der Waals surface area contributed by atoms with Crippen molar-refractivity contribution in [2.75, 3.05) is 18.0 Å². The van der Waals surface area contributed by atoms with Gasteiger partial charge < -0.3 is 4.90 Å². The van der Waals surface area contributed by atoms with Crippen LogP contribution in [0.3, 0.4) is 0 Å². The number of nitrogens with zero attached hydrogens (tertiary/aromatic N) is 1. The Labute approximate surface area is 92.4 Å². The van der Waals surface area contributed by atoms with Crippen molar-refractivity contribution >= 4 is 11.8 Å². The van der Waals surface area contributed by atoms with Crippen molar-refractivity contribution in [3.63, 3.8) is 0 Å². The molecule has 2 rings (SSSR count). The Morgan fingerprint density at radius 2 is 2.27 bits per heavy atom. The first kappa shape index (κ1) is 10.3. The van der Waals surface area contributed by atoms with Crippen LogP contribution in [0.2, 0.25) is 0 Å². The largest absolute Gasteiger partial charge is 0.370 e. The summed E-state index contributed by atoms with van der Waals surface area (Å²) in [5, 5.41) is 0. The molecule has 0 N–H and O–H groups in total. The van der Waals surface area contributed by atoms with E-state index < -0.39 is 0 Å². The molecule has 1 aromatic rings. The van der Waals surface area contributed by atoms with Crippen LogP contribution in [-0.2, 0) is 6.42 Å². The van der Waals surface area contributed by atoms with Crippen molar-refractivity contribution < 1.29 is 0 Å². The number of hydrogen-bond acceptors (Lipinski definition) is 1. The van der Waals surface area contributed by atoms with E-state index in [-0.39, 0.29) is 0 Å². The van der Waals surface area contributed by atoms with E-state index in [2.05, 4.69) is 43.5 Å². The molecule has 0 spiro atoms. The average molecular weight is 200 g/mol. The van der Waals surface area contributed by atoms with Gasteiger partial charge in [-0.05, 0) is 35.6 Å². The zero-order valence-corrected chi connectivity index (χ0v) is 9.59. The summed E-state index contributed by atoms with van der Waals surface area (Å²) in [5.41, 5.74) is 4.10. The van der Waals surface area contributed by atoms with Gasteiger partial charge in [0.15, 0.2) is 0 Å². The Balaban J connectivity index is 2.24. The van der Waals surface area contributed by atoms with Crippen molar-refractivity contribution in [1.29, 1.82) is 0 Å². The number of hydrogen-bond donors (Lipinski definition) is 0. The smallest absolute Gasteiger partial charge is 0.0400 e. The lowest BCUT2D eigenvalue weighted by molar-refractivity contribution is 0.820. The predicted octanol–water partition coefficient (Wildman–Crippen LogP) is 3.31. The van der Waals surface area contributed by atoms with Gasteiger partial charge in [0.25, 0.3) is 0 Å². The highest BCUT2D eigenvalue weighted by Crippen LogP contribution is 2.29. The molecular formula is C14H18N. The lowest BCUT2D eigenvalue weighted by atomic mass is 10.1. The topological polar surface area (TPSA) is 3.24 Å². The zero-order chi connectivity index (χ0) is 10.8. The third kappa shape index (κ3) is 2.06. The van der Waals surface area contributed by atoms with Crippen LogP contribution in [0, 0.1) is 5.92 Å². The van der Waals surface area contributed by atoms with E-state index in [0.717, 1.165) is 13.1 Å². The highest BCUT2D eigenvalue weighted by atomic mass is 15.1. The quantitative estimate of drug-likeness (QED) is 0.723. The molecule has 1 heterocycles. The molecule has 1 aromatic carbocycles. The normalized spacial score (nSPS) is 14.5. The second kappa shape index (κ2) is 4.09. The highest BCUT2D eigenvalue weighted by molar-refractivity contribution is 5.63. The van der Waals surface area contributed by atoms with E-state index in [1.54, 1.807) is 0 Å². The summed E-state index contributed by atoms with van der Waals surface area (Å²) in [6, 6.07) is 6.63. The maximum absolute atomic E-state index is 3.81. The fourth-order valence-electron chi connectivity index (χ4n) is 2.16. The average Bonchev–Trinajstić information content (AvgIpc) is 2.60.